The molecule has 0 unspecified atom stereocenters. The second kappa shape index (κ2) is 10.5. The average molecular weight is 244 g/mol. The summed E-state index contributed by atoms with van der Waals surface area (Å²) in [5, 5.41) is 6.10. The van der Waals surface area contributed by atoms with Crippen molar-refractivity contribution < 1.29 is 9.53 Å². The van der Waals surface area contributed by atoms with Gasteiger partial charge < -0.3 is 15.4 Å². The van der Waals surface area contributed by atoms with E-state index < -0.39 is 0 Å². The van der Waals surface area contributed by atoms with Crippen molar-refractivity contribution in [2.75, 3.05) is 26.3 Å². The van der Waals surface area contributed by atoms with E-state index in [2.05, 4.69) is 38.3 Å². The van der Waals surface area contributed by atoms with Gasteiger partial charge in [0.2, 0.25) is 5.91 Å². The van der Waals surface area contributed by atoms with Crippen molar-refractivity contribution in [2.24, 2.45) is 5.92 Å². The van der Waals surface area contributed by atoms with Crippen LogP contribution in [0.4, 0.5) is 0 Å². The van der Waals surface area contributed by atoms with Crippen molar-refractivity contribution >= 4 is 5.91 Å². The van der Waals surface area contributed by atoms with Crippen molar-refractivity contribution in [3.8, 4) is 0 Å². The van der Waals surface area contributed by atoms with E-state index in [1.54, 1.807) is 0 Å². The maximum Gasteiger partial charge on any atom is 0.221 e. The fourth-order valence-corrected chi connectivity index (χ4v) is 1.28. The fraction of sp³-hybridized carbons (Fsp3) is 0.923. The lowest BCUT2D eigenvalue weighted by Crippen LogP contribution is -2.31. The Hall–Kier alpha value is -0.610. The predicted molar refractivity (Wildman–Crippen MR) is 71.0 cm³/mol. The average Bonchev–Trinajstić information content (AvgIpc) is 2.22. The van der Waals surface area contributed by atoms with E-state index in [4.69, 9.17) is 4.74 Å². The van der Waals surface area contributed by atoms with E-state index in [-0.39, 0.29) is 5.91 Å². The first-order valence-electron chi connectivity index (χ1n) is 6.60. The van der Waals surface area contributed by atoms with E-state index in [9.17, 15) is 4.79 Å². The summed E-state index contributed by atoms with van der Waals surface area (Å²) in [5.41, 5.74) is 0. The summed E-state index contributed by atoms with van der Waals surface area (Å²) in [6, 6.07) is 0.437. The SMILES string of the molecule is CC(C)COCCCNC(=O)CCNC(C)C. The van der Waals surface area contributed by atoms with Crippen LogP contribution in [0.3, 0.4) is 0 Å². The minimum Gasteiger partial charge on any atom is -0.381 e. The lowest BCUT2D eigenvalue weighted by atomic mass is 10.2. The molecule has 102 valence electrons. The molecule has 2 N–H and O–H groups in total. The first kappa shape index (κ1) is 16.4. The molecule has 0 bridgehead atoms. The Morgan fingerprint density at radius 3 is 2.47 bits per heavy atom. The third kappa shape index (κ3) is 13.3. The van der Waals surface area contributed by atoms with Gasteiger partial charge in [0.15, 0.2) is 0 Å². The molecule has 0 saturated heterocycles. The van der Waals surface area contributed by atoms with Crippen LogP contribution in [-0.4, -0.2) is 38.3 Å². The Labute approximate surface area is 105 Å². The number of rotatable bonds is 10. The molecule has 0 aliphatic rings. The number of hydrogen-bond acceptors (Lipinski definition) is 3. The Morgan fingerprint density at radius 2 is 1.88 bits per heavy atom. The number of carbonyl (C=O) groups is 1. The van der Waals surface area contributed by atoms with E-state index in [1.807, 2.05) is 0 Å². The van der Waals surface area contributed by atoms with Gasteiger partial charge in [0, 0.05) is 38.8 Å². The molecular weight excluding hydrogens is 216 g/mol. The molecule has 17 heavy (non-hydrogen) atoms. The summed E-state index contributed by atoms with van der Waals surface area (Å²) in [4.78, 5) is 11.4. The molecule has 1 amide bonds. The van der Waals surface area contributed by atoms with Gasteiger partial charge in [-0.3, -0.25) is 4.79 Å². The highest BCUT2D eigenvalue weighted by Crippen LogP contribution is 1.92. The van der Waals surface area contributed by atoms with Gasteiger partial charge in [-0.15, -0.1) is 0 Å². The first-order chi connectivity index (χ1) is 8.02. The molecule has 0 aromatic rings. The zero-order valence-corrected chi connectivity index (χ0v) is 11.7. The normalized spacial score (nSPS) is 11.2. The lowest BCUT2D eigenvalue weighted by molar-refractivity contribution is -0.121. The fourth-order valence-electron chi connectivity index (χ4n) is 1.28. The summed E-state index contributed by atoms with van der Waals surface area (Å²) in [6.45, 7) is 11.4. The highest BCUT2D eigenvalue weighted by Gasteiger charge is 2.01. The van der Waals surface area contributed by atoms with Gasteiger partial charge in [0.1, 0.15) is 0 Å². The maximum absolute atomic E-state index is 11.4. The zero-order valence-electron chi connectivity index (χ0n) is 11.7. The van der Waals surface area contributed by atoms with Crippen LogP contribution in [0.25, 0.3) is 0 Å². The predicted octanol–water partition coefficient (Wildman–Crippen LogP) is 1.55. The summed E-state index contributed by atoms with van der Waals surface area (Å²) in [7, 11) is 0. The number of carbonyl (C=O) groups excluding carboxylic acids is 1. The molecule has 0 spiro atoms. The van der Waals surface area contributed by atoms with Crippen LogP contribution < -0.4 is 10.6 Å². The molecular formula is C13H28N2O2. The van der Waals surface area contributed by atoms with Gasteiger partial charge in [0.05, 0.1) is 0 Å². The zero-order chi connectivity index (χ0) is 13.1. The van der Waals surface area contributed by atoms with Gasteiger partial charge in [0.25, 0.3) is 0 Å². The van der Waals surface area contributed by atoms with E-state index in [0.29, 0.717) is 24.9 Å². The third-order valence-electron chi connectivity index (χ3n) is 2.14. The van der Waals surface area contributed by atoms with Crippen molar-refractivity contribution in [1.82, 2.24) is 10.6 Å². The Kier molecular flexibility index (Phi) is 10.2. The summed E-state index contributed by atoms with van der Waals surface area (Å²) < 4.78 is 5.43. The Morgan fingerprint density at radius 1 is 1.18 bits per heavy atom. The van der Waals surface area contributed by atoms with Gasteiger partial charge >= 0.3 is 0 Å². The molecule has 0 fully saturated rings. The quantitative estimate of drug-likeness (QED) is 0.573. The van der Waals surface area contributed by atoms with E-state index >= 15 is 0 Å². The minimum absolute atomic E-state index is 0.113. The van der Waals surface area contributed by atoms with Crippen LogP contribution in [0.2, 0.25) is 0 Å². The summed E-state index contributed by atoms with van der Waals surface area (Å²) in [5.74, 6) is 0.689. The van der Waals surface area contributed by atoms with Crippen LogP contribution >= 0.6 is 0 Å². The van der Waals surface area contributed by atoms with Crippen molar-refractivity contribution in [1.29, 1.82) is 0 Å². The molecule has 0 aromatic heterocycles. The molecule has 0 aromatic carbocycles. The number of nitrogens with one attached hydrogen (secondary N) is 2. The standard InChI is InChI=1S/C13H28N2O2/c1-11(2)10-17-9-5-7-15-13(16)6-8-14-12(3)4/h11-12,14H,5-10H2,1-4H3,(H,15,16). The minimum atomic E-state index is 0.113. The molecule has 0 aliphatic carbocycles. The summed E-state index contributed by atoms with van der Waals surface area (Å²) in [6.07, 6.45) is 1.43. The molecule has 4 nitrogen and oxygen atoms in total. The number of hydrogen-bond donors (Lipinski definition) is 2. The largest absolute Gasteiger partial charge is 0.381 e. The monoisotopic (exact) mass is 244 g/mol. The lowest BCUT2D eigenvalue weighted by Gasteiger charge is -2.09. The highest BCUT2D eigenvalue weighted by atomic mass is 16.5. The molecule has 0 radical (unpaired) electrons. The summed E-state index contributed by atoms with van der Waals surface area (Å²) >= 11 is 0. The van der Waals surface area contributed by atoms with E-state index in [0.717, 1.165) is 26.2 Å². The van der Waals surface area contributed by atoms with E-state index in [1.165, 1.54) is 0 Å². The van der Waals surface area contributed by atoms with Crippen molar-refractivity contribution in [3.63, 3.8) is 0 Å². The second-order valence-electron chi connectivity index (χ2n) is 5.03. The number of amides is 1. The highest BCUT2D eigenvalue weighted by molar-refractivity contribution is 5.75. The van der Waals surface area contributed by atoms with Gasteiger partial charge in [-0.05, 0) is 12.3 Å². The smallest absolute Gasteiger partial charge is 0.221 e. The second-order valence-corrected chi connectivity index (χ2v) is 5.03. The van der Waals surface area contributed by atoms with Crippen LogP contribution in [0.15, 0.2) is 0 Å². The third-order valence-corrected chi connectivity index (χ3v) is 2.14. The van der Waals surface area contributed by atoms with Gasteiger partial charge in [-0.1, -0.05) is 27.7 Å². The van der Waals surface area contributed by atoms with Crippen LogP contribution in [0.1, 0.15) is 40.5 Å². The van der Waals surface area contributed by atoms with Crippen LogP contribution in [0, 0.1) is 5.92 Å². The van der Waals surface area contributed by atoms with Crippen LogP contribution in [-0.2, 0) is 9.53 Å². The maximum atomic E-state index is 11.4. The molecule has 0 atom stereocenters. The van der Waals surface area contributed by atoms with Gasteiger partial charge in [-0.2, -0.15) is 0 Å². The van der Waals surface area contributed by atoms with Crippen LogP contribution in [0.5, 0.6) is 0 Å². The Balaban J connectivity index is 3.22. The number of ether oxygens (including phenoxy) is 1. The van der Waals surface area contributed by atoms with Crippen molar-refractivity contribution in [2.45, 2.75) is 46.6 Å². The molecule has 4 heteroatoms. The Bertz CT molecular complexity index is 194. The molecule has 0 heterocycles. The molecule has 0 rings (SSSR count). The first-order valence-corrected chi connectivity index (χ1v) is 6.60. The molecule has 0 saturated carbocycles. The van der Waals surface area contributed by atoms with Crippen molar-refractivity contribution in [3.05, 3.63) is 0 Å². The molecule has 0 aliphatic heterocycles. The van der Waals surface area contributed by atoms with Gasteiger partial charge in [-0.25, -0.2) is 0 Å². The topological polar surface area (TPSA) is 50.4 Å².